The number of thiazole rings is 1. The van der Waals surface area contributed by atoms with E-state index in [1.54, 1.807) is 21.0 Å². The number of likely N-dealkylation sites (tertiary alicyclic amines) is 1. The molecule has 6 nitrogen and oxygen atoms in total. The van der Waals surface area contributed by atoms with Crippen LogP contribution < -0.4 is 5.32 Å². The van der Waals surface area contributed by atoms with Crippen molar-refractivity contribution in [3.05, 3.63) is 10.6 Å². The number of carbonyl (C=O) groups is 2. The Labute approximate surface area is 135 Å². The molecule has 7 heteroatoms. The van der Waals surface area contributed by atoms with Crippen molar-refractivity contribution in [2.75, 3.05) is 39.0 Å². The standard InChI is InChI=1S/C15H24N4O2S/c1-10-6-5-7-19(8-10)9-12(20)17-15-16-11(2)13(22-15)14(21)18(3)4/h10H,5-9H2,1-4H3,(H,16,17,20). The van der Waals surface area contributed by atoms with Crippen LogP contribution in [-0.2, 0) is 4.79 Å². The molecule has 1 aromatic rings. The maximum atomic E-state index is 12.1. The molecule has 0 bridgehead atoms. The second-order valence-corrected chi connectivity index (χ2v) is 7.16. The maximum Gasteiger partial charge on any atom is 0.265 e. The van der Waals surface area contributed by atoms with E-state index < -0.39 is 0 Å². The number of carbonyl (C=O) groups excluding carboxylic acids is 2. The lowest BCUT2D eigenvalue weighted by Gasteiger charge is -2.29. The molecule has 2 rings (SSSR count). The Hall–Kier alpha value is -1.47. The first-order valence-electron chi connectivity index (χ1n) is 7.58. The van der Waals surface area contributed by atoms with Crippen LogP contribution in [-0.4, -0.2) is 60.3 Å². The SMILES string of the molecule is Cc1nc(NC(=O)CN2CCCC(C)C2)sc1C(=O)N(C)C. The van der Waals surface area contributed by atoms with Gasteiger partial charge >= 0.3 is 0 Å². The molecule has 0 saturated carbocycles. The van der Waals surface area contributed by atoms with Crippen LogP contribution in [0.4, 0.5) is 5.13 Å². The summed E-state index contributed by atoms with van der Waals surface area (Å²) in [5, 5.41) is 3.31. The van der Waals surface area contributed by atoms with Gasteiger partial charge in [-0.05, 0) is 32.2 Å². The molecule has 22 heavy (non-hydrogen) atoms. The van der Waals surface area contributed by atoms with Crippen LogP contribution in [0.2, 0.25) is 0 Å². The number of piperidine rings is 1. The summed E-state index contributed by atoms with van der Waals surface area (Å²) in [6, 6.07) is 0. The normalized spacial score (nSPS) is 19.0. The molecule has 2 heterocycles. The summed E-state index contributed by atoms with van der Waals surface area (Å²) in [5.74, 6) is 0.500. The molecule has 1 unspecified atom stereocenters. The van der Waals surface area contributed by atoms with Crippen molar-refractivity contribution in [3.63, 3.8) is 0 Å². The molecule has 1 atom stereocenters. The number of nitrogens with one attached hydrogen (secondary N) is 1. The summed E-state index contributed by atoms with van der Waals surface area (Å²) in [5.41, 5.74) is 0.658. The fourth-order valence-corrected chi connectivity index (χ4v) is 3.65. The van der Waals surface area contributed by atoms with Gasteiger partial charge in [0.05, 0.1) is 12.2 Å². The highest BCUT2D eigenvalue weighted by Gasteiger charge is 2.21. The highest BCUT2D eigenvalue weighted by molar-refractivity contribution is 7.17. The molecular weight excluding hydrogens is 300 g/mol. The van der Waals surface area contributed by atoms with Gasteiger partial charge in [-0.1, -0.05) is 18.3 Å². The molecule has 1 saturated heterocycles. The van der Waals surface area contributed by atoms with Crippen LogP contribution in [0.5, 0.6) is 0 Å². The van der Waals surface area contributed by atoms with E-state index in [-0.39, 0.29) is 11.8 Å². The van der Waals surface area contributed by atoms with Crippen molar-refractivity contribution in [2.45, 2.75) is 26.7 Å². The van der Waals surface area contributed by atoms with Crippen LogP contribution in [0, 0.1) is 12.8 Å². The Bertz CT molecular complexity index is 556. The Morgan fingerprint density at radius 3 is 2.82 bits per heavy atom. The molecule has 1 aromatic heterocycles. The molecule has 1 aliphatic rings. The van der Waals surface area contributed by atoms with E-state index in [2.05, 4.69) is 22.1 Å². The topological polar surface area (TPSA) is 65.5 Å². The molecule has 0 aromatic carbocycles. The fraction of sp³-hybridized carbons (Fsp3) is 0.667. The zero-order valence-electron chi connectivity index (χ0n) is 13.7. The number of anilines is 1. The average molecular weight is 324 g/mol. The van der Waals surface area contributed by atoms with Crippen molar-refractivity contribution in [1.82, 2.24) is 14.8 Å². The van der Waals surface area contributed by atoms with E-state index in [0.29, 0.717) is 28.2 Å². The number of rotatable bonds is 4. The van der Waals surface area contributed by atoms with Crippen LogP contribution in [0.15, 0.2) is 0 Å². The van der Waals surface area contributed by atoms with Crippen LogP contribution in [0.1, 0.15) is 35.1 Å². The fourth-order valence-electron chi connectivity index (χ4n) is 2.64. The molecule has 1 fully saturated rings. The van der Waals surface area contributed by atoms with Crippen LogP contribution >= 0.6 is 11.3 Å². The van der Waals surface area contributed by atoms with E-state index in [4.69, 9.17) is 0 Å². The molecule has 1 aliphatic heterocycles. The van der Waals surface area contributed by atoms with Crippen molar-refractivity contribution >= 4 is 28.3 Å². The minimum absolute atomic E-state index is 0.0632. The van der Waals surface area contributed by atoms with E-state index >= 15 is 0 Å². The van der Waals surface area contributed by atoms with Crippen molar-refractivity contribution < 1.29 is 9.59 Å². The van der Waals surface area contributed by atoms with Gasteiger partial charge in [0, 0.05) is 20.6 Å². The zero-order valence-corrected chi connectivity index (χ0v) is 14.5. The summed E-state index contributed by atoms with van der Waals surface area (Å²) in [4.78, 5) is 32.7. The Balaban J connectivity index is 1.94. The monoisotopic (exact) mass is 324 g/mol. The lowest BCUT2D eigenvalue weighted by Crippen LogP contribution is -2.39. The van der Waals surface area contributed by atoms with Gasteiger partial charge in [0.2, 0.25) is 5.91 Å². The maximum absolute atomic E-state index is 12.1. The summed E-state index contributed by atoms with van der Waals surface area (Å²) < 4.78 is 0. The van der Waals surface area contributed by atoms with Gasteiger partial charge in [-0.2, -0.15) is 0 Å². The second kappa shape index (κ2) is 7.19. The third kappa shape index (κ3) is 4.27. The number of nitrogens with zero attached hydrogens (tertiary/aromatic N) is 3. The van der Waals surface area contributed by atoms with Gasteiger partial charge in [0.1, 0.15) is 4.88 Å². The first-order chi connectivity index (χ1) is 10.4. The molecular formula is C15H24N4O2S. The third-order valence-electron chi connectivity index (χ3n) is 3.75. The average Bonchev–Trinajstić information content (AvgIpc) is 2.78. The summed E-state index contributed by atoms with van der Waals surface area (Å²) in [6.07, 6.45) is 2.38. The smallest absolute Gasteiger partial charge is 0.265 e. The van der Waals surface area contributed by atoms with Gasteiger partial charge in [-0.3, -0.25) is 14.5 Å². The Morgan fingerprint density at radius 2 is 2.18 bits per heavy atom. The van der Waals surface area contributed by atoms with Gasteiger partial charge in [0.25, 0.3) is 5.91 Å². The zero-order chi connectivity index (χ0) is 16.3. The highest BCUT2D eigenvalue weighted by atomic mass is 32.1. The quantitative estimate of drug-likeness (QED) is 0.917. The molecule has 0 spiro atoms. The minimum Gasteiger partial charge on any atom is -0.344 e. The van der Waals surface area contributed by atoms with E-state index in [1.165, 1.54) is 22.7 Å². The van der Waals surface area contributed by atoms with E-state index in [1.807, 2.05) is 0 Å². The minimum atomic E-state index is -0.0830. The van der Waals surface area contributed by atoms with Crippen molar-refractivity contribution in [2.24, 2.45) is 5.92 Å². The number of hydrogen-bond donors (Lipinski definition) is 1. The summed E-state index contributed by atoms with van der Waals surface area (Å²) >= 11 is 1.23. The second-order valence-electron chi connectivity index (χ2n) is 6.16. The van der Waals surface area contributed by atoms with Gasteiger partial charge in [0.15, 0.2) is 5.13 Å². The van der Waals surface area contributed by atoms with Crippen molar-refractivity contribution in [1.29, 1.82) is 0 Å². The molecule has 0 aliphatic carbocycles. The predicted molar refractivity (Wildman–Crippen MR) is 88.3 cm³/mol. The molecule has 1 N–H and O–H groups in total. The largest absolute Gasteiger partial charge is 0.344 e. The molecule has 122 valence electrons. The van der Waals surface area contributed by atoms with Crippen LogP contribution in [0.25, 0.3) is 0 Å². The van der Waals surface area contributed by atoms with Gasteiger partial charge < -0.3 is 10.2 Å². The Morgan fingerprint density at radius 1 is 1.45 bits per heavy atom. The van der Waals surface area contributed by atoms with E-state index in [9.17, 15) is 9.59 Å². The lowest BCUT2D eigenvalue weighted by atomic mass is 10.0. The van der Waals surface area contributed by atoms with E-state index in [0.717, 1.165) is 19.5 Å². The van der Waals surface area contributed by atoms with Gasteiger partial charge in [-0.25, -0.2) is 4.98 Å². The lowest BCUT2D eigenvalue weighted by molar-refractivity contribution is -0.117. The number of aryl methyl sites for hydroxylation is 1. The number of amides is 2. The molecule has 2 amide bonds. The first-order valence-corrected chi connectivity index (χ1v) is 8.39. The first kappa shape index (κ1) is 16.9. The van der Waals surface area contributed by atoms with Crippen LogP contribution in [0.3, 0.4) is 0 Å². The number of hydrogen-bond acceptors (Lipinski definition) is 5. The third-order valence-corrected chi connectivity index (χ3v) is 4.81. The highest BCUT2D eigenvalue weighted by Crippen LogP contribution is 2.23. The summed E-state index contributed by atoms with van der Waals surface area (Å²) in [7, 11) is 3.41. The Kier molecular flexibility index (Phi) is 5.52. The summed E-state index contributed by atoms with van der Waals surface area (Å²) in [6.45, 7) is 6.33. The number of aromatic nitrogens is 1. The van der Waals surface area contributed by atoms with Gasteiger partial charge in [-0.15, -0.1) is 0 Å². The molecule has 0 radical (unpaired) electrons. The van der Waals surface area contributed by atoms with Crippen molar-refractivity contribution in [3.8, 4) is 0 Å². The predicted octanol–water partition coefficient (Wildman–Crippen LogP) is 1.82.